The molecule has 2 saturated carbocycles. The van der Waals surface area contributed by atoms with Crippen molar-refractivity contribution in [3.63, 3.8) is 0 Å². The molecule has 1 atom stereocenters. The van der Waals surface area contributed by atoms with Gasteiger partial charge >= 0.3 is 11.8 Å². The Bertz CT molecular complexity index is 1040. The molecule has 0 radical (unpaired) electrons. The first-order chi connectivity index (χ1) is 14.6. The molecular weight excluding hydrogens is 419 g/mol. The standard InChI is InChI=1S/C21H19F5N4O/c22-15-6-4-13(5-7-15)18-17(12-2-1-3-12)19(30(29-18)9-8-27)28-16(31)10-14-11-20(23,24)21(14,25)26/h4-7,12,14H,1-3,9-11H2,(H,28,31)/t14-/m0/s1. The average molecular weight is 438 g/mol. The van der Waals surface area contributed by atoms with E-state index in [9.17, 15) is 26.7 Å². The lowest BCUT2D eigenvalue weighted by Gasteiger charge is -2.43. The number of aromatic nitrogens is 2. The second kappa shape index (κ2) is 7.62. The summed E-state index contributed by atoms with van der Waals surface area (Å²) >= 11 is 0. The Labute approximate surface area is 174 Å². The van der Waals surface area contributed by atoms with Crippen LogP contribution in [0.15, 0.2) is 24.3 Å². The monoisotopic (exact) mass is 438 g/mol. The van der Waals surface area contributed by atoms with Gasteiger partial charge in [0.15, 0.2) is 0 Å². The number of benzene rings is 1. The number of amides is 1. The molecule has 164 valence electrons. The minimum atomic E-state index is -4.23. The number of carbonyl (C=O) groups is 1. The molecule has 0 spiro atoms. The van der Waals surface area contributed by atoms with E-state index in [2.05, 4.69) is 10.4 Å². The molecule has 1 aromatic heterocycles. The lowest BCUT2D eigenvalue weighted by Crippen LogP contribution is -2.59. The number of nitriles is 1. The van der Waals surface area contributed by atoms with E-state index in [1.807, 2.05) is 6.07 Å². The minimum absolute atomic E-state index is 0.0253. The molecule has 1 aromatic carbocycles. The van der Waals surface area contributed by atoms with Gasteiger partial charge in [-0.2, -0.15) is 27.9 Å². The third-order valence-electron chi connectivity index (χ3n) is 6.03. The third-order valence-corrected chi connectivity index (χ3v) is 6.03. The number of anilines is 1. The number of halogens is 5. The number of alkyl halides is 4. The molecule has 2 fully saturated rings. The highest BCUT2D eigenvalue weighted by Crippen LogP contribution is 2.56. The summed E-state index contributed by atoms with van der Waals surface area (Å²) in [7, 11) is 0. The van der Waals surface area contributed by atoms with Gasteiger partial charge in [-0.25, -0.2) is 9.07 Å². The second-order valence-corrected chi connectivity index (χ2v) is 8.04. The van der Waals surface area contributed by atoms with E-state index >= 15 is 0 Å². The predicted molar refractivity (Wildman–Crippen MR) is 101 cm³/mol. The van der Waals surface area contributed by atoms with Crippen LogP contribution in [0.25, 0.3) is 11.3 Å². The largest absolute Gasteiger partial charge is 0.313 e. The molecule has 1 N–H and O–H groups in total. The molecule has 2 aliphatic rings. The number of rotatable bonds is 6. The van der Waals surface area contributed by atoms with Gasteiger partial charge in [-0.05, 0) is 43.0 Å². The van der Waals surface area contributed by atoms with E-state index in [1.54, 1.807) is 0 Å². The molecule has 2 aromatic rings. The smallest absolute Gasteiger partial charge is 0.311 e. The van der Waals surface area contributed by atoms with Crippen molar-refractivity contribution >= 4 is 11.7 Å². The topological polar surface area (TPSA) is 70.7 Å². The molecule has 0 saturated heterocycles. The fourth-order valence-electron chi connectivity index (χ4n) is 4.04. The first-order valence-electron chi connectivity index (χ1n) is 9.93. The van der Waals surface area contributed by atoms with Crippen LogP contribution in [0.2, 0.25) is 0 Å². The van der Waals surface area contributed by atoms with Crippen LogP contribution in [0.1, 0.15) is 43.6 Å². The minimum Gasteiger partial charge on any atom is -0.311 e. The highest BCUT2D eigenvalue weighted by molar-refractivity contribution is 5.92. The maximum Gasteiger partial charge on any atom is 0.313 e. The van der Waals surface area contributed by atoms with Crippen LogP contribution in [0.4, 0.5) is 27.8 Å². The van der Waals surface area contributed by atoms with Crippen LogP contribution in [0, 0.1) is 23.1 Å². The summed E-state index contributed by atoms with van der Waals surface area (Å²) in [5.41, 5.74) is 1.70. The number of hydrogen-bond acceptors (Lipinski definition) is 3. The molecule has 0 bridgehead atoms. The fourth-order valence-corrected chi connectivity index (χ4v) is 4.04. The van der Waals surface area contributed by atoms with Crippen molar-refractivity contribution in [2.45, 2.75) is 56.4 Å². The van der Waals surface area contributed by atoms with E-state index in [0.29, 0.717) is 16.8 Å². The zero-order valence-corrected chi connectivity index (χ0v) is 16.3. The molecule has 1 amide bonds. The number of carbonyl (C=O) groups excluding carboxylic acids is 1. The zero-order chi connectivity index (χ0) is 22.4. The van der Waals surface area contributed by atoms with Crippen molar-refractivity contribution in [1.29, 1.82) is 5.26 Å². The van der Waals surface area contributed by atoms with E-state index in [1.165, 1.54) is 28.9 Å². The molecule has 31 heavy (non-hydrogen) atoms. The summed E-state index contributed by atoms with van der Waals surface area (Å²) in [6.07, 6.45) is 0.746. The Kier molecular flexibility index (Phi) is 5.23. The molecular formula is C21H19F5N4O. The number of nitrogens with one attached hydrogen (secondary N) is 1. The van der Waals surface area contributed by atoms with Gasteiger partial charge in [0.2, 0.25) is 5.91 Å². The summed E-state index contributed by atoms with van der Waals surface area (Å²) in [6, 6.07) is 7.51. The summed E-state index contributed by atoms with van der Waals surface area (Å²) in [5, 5.41) is 16.1. The maximum absolute atomic E-state index is 13.6. The van der Waals surface area contributed by atoms with Crippen molar-refractivity contribution in [2.24, 2.45) is 5.92 Å². The molecule has 1 heterocycles. The lowest BCUT2D eigenvalue weighted by atomic mass is 9.74. The van der Waals surface area contributed by atoms with Crippen LogP contribution >= 0.6 is 0 Å². The lowest BCUT2D eigenvalue weighted by molar-refractivity contribution is -0.313. The first-order valence-corrected chi connectivity index (χ1v) is 9.93. The molecule has 5 nitrogen and oxygen atoms in total. The predicted octanol–water partition coefficient (Wildman–Crippen LogP) is 5.10. The van der Waals surface area contributed by atoms with Gasteiger partial charge in [0, 0.05) is 29.9 Å². The first kappa shape index (κ1) is 21.3. The summed E-state index contributed by atoms with van der Waals surface area (Å²) in [6.45, 7) is -0.214. The highest BCUT2D eigenvalue weighted by atomic mass is 19.3. The van der Waals surface area contributed by atoms with Crippen LogP contribution in [-0.4, -0.2) is 27.5 Å². The van der Waals surface area contributed by atoms with Crippen LogP contribution in [0.5, 0.6) is 0 Å². The van der Waals surface area contributed by atoms with Crippen molar-refractivity contribution in [3.05, 3.63) is 35.6 Å². The third kappa shape index (κ3) is 3.66. The quantitative estimate of drug-likeness (QED) is 0.638. The van der Waals surface area contributed by atoms with Gasteiger partial charge in [0.25, 0.3) is 0 Å². The van der Waals surface area contributed by atoms with Gasteiger partial charge in [-0.3, -0.25) is 4.79 Å². The molecule has 0 unspecified atom stereocenters. The number of nitrogens with zero attached hydrogens (tertiary/aromatic N) is 3. The highest BCUT2D eigenvalue weighted by Gasteiger charge is 2.71. The van der Waals surface area contributed by atoms with Crippen molar-refractivity contribution in [3.8, 4) is 17.3 Å². The van der Waals surface area contributed by atoms with Crippen molar-refractivity contribution in [1.82, 2.24) is 9.78 Å². The van der Waals surface area contributed by atoms with Crippen LogP contribution in [0.3, 0.4) is 0 Å². The normalized spacial score (nSPS) is 21.6. The summed E-state index contributed by atoms with van der Waals surface area (Å²) in [5.74, 6) is -11.1. The second-order valence-electron chi connectivity index (χ2n) is 8.04. The van der Waals surface area contributed by atoms with Crippen LogP contribution < -0.4 is 5.32 Å². The van der Waals surface area contributed by atoms with Crippen molar-refractivity contribution < 1.29 is 26.7 Å². The van der Waals surface area contributed by atoms with Crippen LogP contribution in [-0.2, 0) is 11.3 Å². The van der Waals surface area contributed by atoms with Crippen molar-refractivity contribution in [2.75, 3.05) is 5.32 Å². The van der Waals surface area contributed by atoms with E-state index < -0.39 is 42.3 Å². The Hall–Kier alpha value is -2.96. The average Bonchev–Trinajstić information content (AvgIpc) is 2.99. The maximum atomic E-state index is 13.6. The summed E-state index contributed by atoms with van der Waals surface area (Å²) in [4.78, 5) is 12.5. The zero-order valence-electron chi connectivity index (χ0n) is 16.3. The van der Waals surface area contributed by atoms with Gasteiger partial charge in [-0.15, -0.1) is 0 Å². The van der Waals surface area contributed by atoms with E-state index in [4.69, 9.17) is 5.26 Å². The van der Waals surface area contributed by atoms with Gasteiger partial charge in [0.1, 0.15) is 18.2 Å². The van der Waals surface area contributed by atoms with E-state index in [0.717, 1.165) is 19.3 Å². The van der Waals surface area contributed by atoms with Gasteiger partial charge < -0.3 is 5.32 Å². The van der Waals surface area contributed by atoms with Gasteiger partial charge in [-0.1, -0.05) is 6.42 Å². The Morgan fingerprint density at radius 1 is 1.23 bits per heavy atom. The molecule has 10 heteroatoms. The number of hydrogen-bond donors (Lipinski definition) is 1. The van der Waals surface area contributed by atoms with Gasteiger partial charge in [0.05, 0.1) is 11.8 Å². The Morgan fingerprint density at radius 2 is 1.90 bits per heavy atom. The molecule has 2 aliphatic carbocycles. The van der Waals surface area contributed by atoms with E-state index in [-0.39, 0.29) is 18.3 Å². The summed E-state index contributed by atoms with van der Waals surface area (Å²) < 4.78 is 68.0. The fraction of sp³-hybridized carbons (Fsp3) is 0.476. The molecule has 4 rings (SSSR count). The molecule has 0 aliphatic heterocycles. The Morgan fingerprint density at radius 3 is 2.42 bits per heavy atom. The Balaban J connectivity index is 1.65. The SMILES string of the molecule is N#CCn1nc(-c2ccc(F)cc2)c(C2CCC2)c1NC(=O)C[C@H]1CC(F)(F)C1(F)F.